The number of nitrogens with one attached hydrogen (secondary N) is 2. The highest BCUT2D eigenvalue weighted by Gasteiger charge is 2.13. The molecule has 0 spiro atoms. The second-order valence-electron chi connectivity index (χ2n) is 5.73. The molecule has 0 fully saturated rings. The molecule has 0 aliphatic heterocycles. The van der Waals surface area contributed by atoms with E-state index in [0.29, 0.717) is 11.0 Å². The van der Waals surface area contributed by atoms with Crippen LogP contribution in [0.1, 0.15) is 0 Å². The zero-order chi connectivity index (χ0) is 19.9. The summed E-state index contributed by atoms with van der Waals surface area (Å²) >= 11 is 2.61. The molecule has 0 radical (unpaired) electrons. The maximum atomic E-state index is 10.7. The standard InChI is InChI=1S/C18H19N5O3S2/c1-26-22-15-8-12(11-3-5-14(6-4-11)23-27-2)7-13(9-15)17-19-18(21-20-17)28-10-16(24)25/h3-9,22-23H,10H2,1-2H3,(H,24,25)(H,19,20,21)/p+1. The number of carbonyl (C=O) groups is 1. The summed E-state index contributed by atoms with van der Waals surface area (Å²) < 4.78 is 3.20. The van der Waals surface area contributed by atoms with E-state index in [2.05, 4.69) is 19.9 Å². The molecule has 5 N–H and O–H groups in total. The van der Waals surface area contributed by atoms with E-state index in [-0.39, 0.29) is 5.75 Å². The van der Waals surface area contributed by atoms with Gasteiger partial charge in [-0.05, 0) is 29.3 Å². The molecule has 146 valence electrons. The first-order chi connectivity index (χ1) is 13.6. The van der Waals surface area contributed by atoms with Gasteiger partial charge in [0.2, 0.25) is 5.16 Å². The highest BCUT2D eigenvalue weighted by atomic mass is 32.2. The predicted molar refractivity (Wildman–Crippen MR) is 111 cm³/mol. The fraction of sp³-hybridized carbons (Fsp3) is 0.167. The van der Waals surface area contributed by atoms with Crippen molar-refractivity contribution in [1.82, 2.24) is 15.2 Å². The second kappa shape index (κ2) is 9.60. The SMILES string of the molecule is CO[NH2+]c1cc(-c2ccc(NSC)cc2)cc(-c2nc(SCC(=O)O)n[nH]2)c1. The molecule has 0 aliphatic rings. The molecule has 1 aromatic heterocycles. The van der Waals surface area contributed by atoms with Crippen LogP contribution in [-0.2, 0) is 9.63 Å². The average molecular weight is 419 g/mol. The van der Waals surface area contributed by atoms with E-state index >= 15 is 0 Å². The first-order valence-corrected chi connectivity index (χ1v) is 10.5. The van der Waals surface area contributed by atoms with E-state index in [1.54, 1.807) is 24.5 Å². The number of hydrogen-bond acceptors (Lipinski definition) is 7. The summed E-state index contributed by atoms with van der Waals surface area (Å²) in [5, 5.41) is 16.2. The highest BCUT2D eigenvalue weighted by Crippen LogP contribution is 2.29. The number of hydrogen-bond donors (Lipinski definition) is 4. The number of benzene rings is 2. The van der Waals surface area contributed by atoms with Gasteiger partial charge >= 0.3 is 5.97 Å². The van der Waals surface area contributed by atoms with Crippen LogP contribution in [-0.4, -0.2) is 45.4 Å². The number of anilines is 1. The topological polar surface area (TPSA) is 117 Å². The minimum Gasteiger partial charge on any atom is -0.481 e. The quantitative estimate of drug-likeness (QED) is 0.181. The van der Waals surface area contributed by atoms with Crippen LogP contribution in [0.4, 0.5) is 11.4 Å². The largest absolute Gasteiger partial charge is 0.481 e. The number of rotatable bonds is 9. The Morgan fingerprint density at radius 2 is 1.96 bits per heavy atom. The Morgan fingerprint density at radius 3 is 2.64 bits per heavy atom. The molecule has 8 nitrogen and oxygen atoms in total. The molecule has 28 heavy (non-hydrogen) atoms. The number of nitrogens with two attached hydrogens (primary N) is 1. The van der Waals surface area contributed by atoms with Crippen molar-refractivity contribution in [3.8, 4) is 22.5 Å². The van der Waals surface area contributed by atoms with Crippen molar-refractivity contribution in [2.45, 2.75) is 5.16 Å². The van der Waals surface area contributed by atoms with E-state index in [1.165, 1.54) is 0 Å². The Balaban J connectivity index is 1.92. The van der Waals surface area contributed by atoms with Gasteiger partial charge in [-0.2, -0.15) is 5.48 Å². The fourth-order valence-corrected chi connectivity index (χ4v) is 3.46. The number of nitrogens with zero attached hydrogens (tertiary/aromatic N) is 2. The van der Waals surface area contributed by atoms with Gasteiger partial charge in [-0.1, -0.05) is 35.8 Å². The number of aliphatic carboxylic acids is 1. The smallest absolute Gasteiger partial charge is 0.313 e. The Labute approximate surface area is 170 Å². The molecule has 0 amide bonds. The molecule has 0 saturated heterocycles. The van der Waals surface area contributed by atoms with Crippen molar-refractivity contribution in [1.29, 1.82) is 0 Å². The van der Waals surface area contributed by atoms with Gasteiger partial charge in [-0.3, -0.25) is 9.89 Å². The molecule has 3 aromatic rings. The van der Waals surface area contributed by atoms with Crippen LogP contribution in [0, 0.1) is 0 Å². The molecule has 2 aromatic carbocycles. The summed E-state index contributed by atoms with van der Waals surface area (Å²) in [6, 6.07) is 14.1. The lowest BCUT2D eigenvalue weighted by molar-refractivity contribution is -0.830. The molecule has 0 atom stereocenters. The summed E-state index contributed by atoms with van der Waals surface area (Å²) in [5.74, 6) is -0.424. The van der Waals surface area contributed by atoms with Crippen molar-refractivity contribution in [3.05, 3.63) is 42.5 Å². The van der Waals surface area contributed by atoms with Gasteiger partial charge in [0.15, 0.2) is 11.5 Å². The first-order valence-electron chi connectivity index (χ1n) is 8.27. The second-order valence-corrected chi connectivity index (χ2v) is 7.28. The minimum atomic E-state index is -0.908. The summed E-state index contributed by atoms with van der Waals surface area (Å²) in [7, 11) is 1.60. The van der Waals surface area contributed by atoms with E-state index < -0.39 is 5.97 Å². The molecular formula is C18H20N5O3S2+. The summed E-state index contributed by atoms with van der Waals surface area (Å²) in [6.07, 6.45) is 1.98. The lowest BCUT2D eigenvalue weighted by Gasteiger charge is -2.08. The van der Waals surface area contributed by atoms with Crippen LogP contribution >= 0.6 is 23.7 Å². The average Bonchev–Trinajstić information content (AvgIpc) is 3.16. The number of aromatic nitrogens is 3. The van der Waals surface area contributed by atoms with Crippen molar-refractivity contribution >= 4 is 41.1 Å². The lowest BCUT2D eigenvalue weighted by Crippen LogP contribution is -2.75. The first kappa shape index (κ1) is 20.2. The Morgan fingerprint density at radius 1 is 1.21 bits per heavy atom. The van der Waals surface area contributed by atoms with Gasteiger partial charge in [-0.15, -0.1) is 5.10 Å². The fourth-order valence-electron chi connectivity index (χ4n) is 2.57. The number of H-pyrrole nitrogens is 1. The van der Waals surface area contributed by atoms with Crippen LogP contribution in [0.25, 0.3) is 22.5 Å². The minimum absolute atomic E-state index is 0.0868. The van der Waals surface area contributed by atoms with E-state index in [4.69, 9.17) is 9.94 Å². The molecule has 0 unspecified atom stereocenters. The van der Waals surface area contributed by atoms with E-state index in [0.717, 1.165) is 39.8 Å². The molecule has 0 saturated carbocycles. The third kappa shape index (κ3) is 5.26. The van der Waals surface area contributed by atoms with Gasteiger partial charge < -0.3 is 9.83 Å². The van der Waals surface area contributed by atoms with Crippen LogP contribution in [0.5, 0.6) is 0 Å². The Bertz CT molecular complexity index is 947. The maximum Gasteiger partial charge on any atom is 0.313 e. The van der Waals surface area contributed by atoms with Crippen molar-refractivity contribution in [2.24, 2.45) is 0 Å². The Hall–Kier alpha value is -2.53. The number of quaternary nitrogens is 1. The third-order valence-corrected chi connectivity index (χ3v) is 4.98. The molecule has 1 heterocycles. The molecule has 3 rings (SSSR count). The van der Waals surface area contributed by atoms with Crippen molar-refractivity contribution in [2.75, 3.05) is 23.8 Å². The van der Waals surface area contributed by atoms with Gasteiger partial charge in [0.25, 0.3) is 0 Å². The van der Waals surface area contributed by atoms with Crippen molar-refractivity contribution in [3.63, 3.8) is 0 Å². The monoisotopic (exact) mass is 418 g/mol. The number of aromatic amines is 1. The van der Waals surface area contributed by atoms with Crippen LogP contribution in [0.3, 0.4) is 0 Å². The van der Waals surface area contributed by atoms with Crippen molar-refractivity contribution < 1.29 is 20.2 Å². The summed E-state index contributed by atoms with van der Waals surface area (Å²) in [5.41, 5.74) is 6.48. The lowest BCUT2D eigenvalue weighted by atomic mass is 10.0. The number of carboxylic acids is 1. The van der Waals surface area contributed by atoms with Crippen LogP contribution in [0.2, 0.25) is 0 Å². The predicted octanol–water partition coefficient (Wildman–Crippen LogP) is 2.76. The van der Waals surface area contributed by atoms with E-state index in [1.807, 2.05) is 48.7 Å². The number of thioether (sulfide) groups is 1. The van der Waals surface area contributed by atoms with Crippen LogP contribution in [0.15, 0.2) is 47.6 Å². The van der Waals surface area contributed by atoms with Crippen LogP contribution < -0.4 is 10.2 Å². The van der Waals surface area contributed by atoms with Gasteiger partial charge in [0.05, 0.1) is 12.9 Å². The summed E-state index contributed by atoms with van der Waals surface area (Å²) in [6.45, 7) is 0. The van der Waals surface area contributed by atoms with Gasteiger partial charge in [0.1, 0.15) is 0 Å². The molecule has 0 bridgehead atoms. The molecule has 10 heteroatoms. The summed E-state index contributed by atoms with van der Waals surface area (Å²) in [4.78, 5) is 20.3. The zero-order valence-corrected chi connectivity index (χ0v) is 16.9. The molecular weight excluding hydrogens is 398 g/mol. The third-order valence-electron chi connectivity index (χ3n) is 3.71. The number of carboxylic acid groups (broad SMARTS) is 1. The van der Waals surface area contributed by atoms with Gasteiger partial charge in [-0.25, -0.2) is 9.82 Å². The maximum absolute atomic E-state index is 10.7. The Kier molecular flexibility index (Phi) is 6.93. The van der Waals surface area contributed by atoms with Gasteiger partial charge in [0, 0.05) is 29.6 Å². The normalized spacial score (nSPS) is 10.8. The zero-order valence-electron chi connectivity index (χ0n) is 15.3. The molecule has 0 aliphatic carbocycles. The van der Waals surface area contributed by atoms with E-state index in [9.17, 15) is 4.79 Å². The highest BCUT2D eigenvalue weighted by molar-refractivity contribution is 8.00.